The molecule has 1 amide bonds. The van der Waals surface area contributed by atoms with Gasteiger partial charge in [0.2, 0.25) is 0 Å². The number of H-pyrrole nitrogens is 1. The minimum absolute atomic E-state index is 0.00791. The molecule has 1 aromatic heterocycles. The highest BCUT2D eigenvalue weighted by atomic mass is 35.5. The molecule has 0 saturated heterocycles. The van der Waals surface area contributed by atoms with Crippen molar-refractivity contribution in [2.24, 2.45) is 0 Å². The number of anilines is 1. The number of pyridine rings is 1. The quantitative estimate of drug-likeness (QED) is 0.890. The summed E-state index contributed by atoms with van der Waals surface area (Å²) in [7, 11) is 0. The molecule has 2 N–H and O–H groups in total. The van der Waals surface area contributed by atoms with Gasteiger partial charge in [-0.3, -0.25) is 9.59 Å². The largest absolute Gasteiger partial charge is 0.328 e. The van der Waals surface area contributed by atoms with Gasteiger partial charge in [-0.1, -0.05) is 29.3 Å². The van der Waals surface area contributed by atoms with Crippen LogP contribution in [0.5, 0.6) is 0 Å². The molecule has 0 atom stereocenters. The normalized spacial score (nSPS) is 10.1. The number of nitrogens with one attached hydrogen (secondary N) is 2. The molecular weight excluding hydrogens is 275 g/mol. The van der Waals surface area contributed by atoms with E-state index in [0.717, 1.165) is 0 Å². The maximum absolute atomic E-state index is 11.9. The number of rotatable bonds is 2. The average Bonchev–Trinajstić information content (AvgIpc) is 2.35. The Morgan fingerprint density at radius 2 is 1.94 bits per heavy atom. The summed E-state index contributed by atoms with van der Waals surface area (Å²) in [6.07, 6.45) is 1.45. The van der Waals surface area contributed by atoms with Crippen LogP contribution in [0.1, 0.15) is 10.4 Å². The molecule has 0 radical (unpaired) electrons. The first-order valence-corrected chi connectivity index (χ1v) is 5.78. The van der Waals surface area contributed by atoms with Gasteiger partial charge >= 0.3 is 0 Å². The van der Waals surface area contributed by atoms with Crippen LogP contribution in [0.25, 0.3) is 0 Å². The Hall–Kier alpha value is -1.78. The van der Waals surface area contributed by atoms with Gasteiger partial charge < -0.3 is 10.3 Å². The van der Waals surface area contributed by atoms with Crippen LogP contribution in [0.3, 0.4) is 0 Å². The van der Waals surface area contributed by atoms with Gasteiger partial charge in [-0.05, 0) is 24.3 Å². The van der Waals surface area contributed by atoms with Crippen LogP contribution in [-0.2, 0) is 0 Å². The van der Waals surface area contributed by atoms with Crippen molar-refractivity contribution in [3.05, 3.63) is 62.5 Å². The molecule has 2 aromatic rings. The van der Waals surface area contributed by atoms with Gasteiger partial charge in [0.1, 0.15) is 5.56 Å². The Bertz CT molecular complexity index is 653. The predicted octanol–water partition coefficient (Wildman–Crippen LogP) is 2.93. The zero-order valence-corrected chi connectivity index (χ0v) is 10.5. The lowest BCUT2D eigenvalue weighted by Gasteiger charge is -2.07. The van der Waals surface area contributed by atoms with E-state index >= 15 is 0 Å². The Morgan fingerprint density at radius 1 is 1.17 bits per heavy atom. The Morgan fingerprint density at radius 3 is 2.67 bits per heavy atom. The van der Waals surface area contributed by atoms with Crippen LogP contribution < -0.4 is 10.9 Å². The summed E-state index contributed by atoms with van der Waals surface area (Å²) in [6, 6.07) is 7.85. The highest BCUT2D eigenvalue weighted by Crippen LogP contribution is 2.29. The Kier molecular flexibility index (Phi) is 3.69. The van der Waals surface area contributed by atoms with Crippen LogP contribution in [0.4, 0.5) is 5.69 Å². The molecule has 0 aliphatic heterocycles. The lowest BCUT2D eigenvalue weighted by Crippen LogP contribution is -2.22. The topological polar surface area (TPSA) is 62.0 Å². The monoisotopic (exact) mass is 282 g/mol. The van der Waals surface area contributed by atoms with Crippen molar-refractivity contribution >= 4 is 34.8 Å². The first kappa shape index (κ1) is 12.7. The van der Waals surface area contributed by atoms with Crippen LogP contribution in [0.15, 0.2) is 41.3 Å². The van der Waals surface area contributed by atoms with E-state index in [1.807, 2.05) is 0 Å². The van der Waals surface area contributed by atoms with E-state index in [0.29, 0.717) is 10.7 Å². The summed E-state index contributed by atoms with van der Waals surface area (Å²) in [5.41, 5.74) is -0.0980. The Balaban J connectivity index is 2.30. The first-order valence-electron chi connectivity index (χ1n) is 5.02. The van der Waals surface area contributed by atoms with E-state index in [1.54, 1.807) is 24.3 Å². The minimum Gasteiger partial charge on any atom is -0.328 e. The van der Waals surface area contributed by atoms with Gasteiger partial charge in [0.15, 0.2) is 0 Å². The fourth-order valence-electron chi connectivity index (χ4n) is 1.39. The number of hydrogen-bond acceptors (Lipinski definition) is 2. The van der Waals surface area contributed by atoms with E-state index in [2.05, 4.69) is 10.3 Å². The zero-order chi connectivity index (χ0) is 13.1. The second-order valence-electron chi connectivity index (χ2n) is 3.47. The van der Waals surface area contributed by atoms with Crippen molar-refractivity contribution in [1.82, 2.24) is 4.98 Å². The molecule has 4 nitrogen and oxygen atoms in total. The number of benzene rings is 1. The van der Waals surface area contributed by atoms with Crippen LogP contribution >= 0.6 is 23.2 Å². The average molecular weight is 283 g/mol. The molecule has 0 aliphatic carbocycles. The minimum atomic E-state index is -0.541. The second-order valence-corrected chi connectivity index (χ2v) is 4.25. The van der Waals surface area contributed by atoms with Gasteiger partial charge in [-0.25, -0.2) is 0 Å². The molecule has 0 fully saturated rings. The molecule has 0 saturated carbocycles. The smallest absolute Gasteiger partial charge is 0.261 e. The number of aromatic amines is 1. The number of aromatic nitrogens is 1. The van der Waals surface area contributed by atoms with E-state index in [9.17, 15) is 9.59 Å². The van der Waals surface area contributed by atoms with Crippen LogP contribution in [0.2, 0.25) is 10.0 Å². The number of carbonyl (C=O) groups is 1. The van der Waals surface area contributed by atoms with E-state index in [4.69, 9.17) is 23.2 Å². The molecule has 0 spiro atoms. The number of carbonyl (C=O) groups excluding carboxylic acids is 1. The van der Waals surface area contributed by atoms with E-state index < -0.39 is 11.5 Å². The molecule has 92 valence electrons. The summed E-state index contributed by atoms with van der Waals surface area (Å²) >= 11 is 11.8. The van der Waals surface area contributed by atoms with Crippen molar-refractivity contribution in [1.29, 1.82) is 0 Å². The molecule has 6 heteroatoms. The van der Waals surface area contributed by atoms with Gasteiger partial charge in [0.25, 0.3) is 11.5 Å². The molecule has 18 heavy (non-hydrogen) atoms. The zero-order valence-electron chi connectivity index (χ0n) is 9.04. The van der Waals surface area contributed by atoms with Gasteiger partial charge in [0.05, 0.1) is 15.7 Å². The maximum Gasteiger partial charge on any atom is 0.261 e. The molecule has 0 bridgehead atoms. The first-order chi connectivity index (χ1) is 8.59. The van der Waals surface area contributed by atoms with Crippen LogP contribution in [-0.4, -0.2) is 10.9 Å². The fourth-order valence-corrected chi connectivity index (χ4v) is 1.74. The van der Waals surface area contributed by atoms with E-state index in [-0.39, 0.29) is 10.6 Å². The van der Waals surface area contributed by atoms with Crippen LogP contribution in [0, 0.1) is 0 Å². The number of hydrogen-bond donors (Lipinski definition) is 2. The lowest BCUT2D eigenvalue weighted by molar-refractivity contribution is 0.102. The third kappa shape index (κ3) is 2.55. The van der Waals surface area contributed by atoms with Crippen molar-refractivity contribution in [3.63, 3.8) is 0 Å². The highest BCUT2D eigenvalue weighted by molar-refractivity contribution is 6.44. The number of halogens is 2. The Labute approximate surface area is 113 Å². The van der Waals surface area contributed by atoms with E-state index in [1.165, 1.54) is 12.3 Å². The predicted molar refractivity (Wildman–Crippen MR) is 71.5 cm³/mol. The second kappa shape index (κ2) is 5.25. The third-order valence-corrected chi connectivity index (χ3v) is 3.08. The molecule has 2 rings (SSSR count). The fraction of sp³-hybridized carbons (Fsp3) is 0. The summed E-state index contributed by atoms with van der Waals surface area (Å²) < 4.78 is 0. The van der Waals surface area contributed by atoms with Crippen molar-refractivity contribution in [3.8, 4) is 0 Å². The van der Waals surface area contributed by atoms with Crippen molar-refractivity contribution in [2.45, 2.75) is 0 Å². The van der Waals surface area contributed by atoms with Gasteiger partial charge in [0, 0.05) is 6.20 Å². The summed E-state index contributed by atoms with van der Waals surface area (Å²) in [5, 5.41) is 3.10. The third-order valence-electron chi connectivity index (χ3n) is 2.26. The standard InChI is InChI=1S/C12H8Cl2N2O2/c13-8-4-1-5-9(10(8)14)16-12(18)7-3-2-6-15-11(7)17/h1-6H,(H,15,17)(H,16,18). The molecule has 1 heterocycles. The summed E-state index contributed by atoms with van der Waals surface area (Å²) in [5.74, 6) is -0.541. The highest BCUT2D eigenvalue weighted by Gasteiger charge is 2.12. The van der Waals surface area contributed by atoms with Crippen molar-refractivity contribution in [2.75, 3.05) is 5.32 Å². The van der Waals surface area contributed by atoms with Gasteiger partial charge in [-0.2, -0.15) is 0 Å². The lowest BCUT2D eigenvalue weighted by atomic mass is 10.2. The van der Waals surface area contributed by atoms with Crippen molar-refractivity contribution < 1.29 is 4.79 Å². The molecule has 1 aromatic carbocycles. The number of amides is 1. The summed E-state index contributed by atoms with van der Waals surface area (Å²) in [4.78, 5) is 25.7. The molecule has 0 aliphatic rings. The molecule has 0 unspecified atom stereocenters. The molecular formula is C12H8Cl2N2O2. The summed E-state index contributed by atoms with van der Waals surface area (Å²) in [6.45, 7) is 0. The maximum atomic E-state index is 11.9. The SMILES string of the molecule is O=C(Nc1cccc(Cl)c1Cl)c1ccc[nH]c1=O. The van der Waals surface area contributed by atoms with Gasteiger partial charge in [-0.15, -0.1) is 0 Å².